The third-order valence-electron chi connectivity index (χ3n) is 3.51. The van der Waals surface area contributed by atoms with Crippen LogP contribution in [0.2, 0.25) is 0 Å². The van der Waals surface area contributed by atoms with Gasteiger partial charge in [-0.25, -0.2) is 4.39 Å². The van der Waals surface area contributed by atoms with E-state index in [1.807, 2.05) is 27.7 Å². The molecule has 0 spiro atoms. The van der Waals surface area contributed by atoms with Crippen LogP contribution < -0.4 is 10.2 Å². The Kier molecular flexibility index (Phi) is 3.39. The molecule has 1 N–H and O–H groups in total. The molecule has 1 aliphatic rings. The molecule has 0 saturated carbocycles. The fourth-order valence-corrected chi connectivity index (χ4v) is 2.50. The highest BCUT2D eigenvalue weighted by Crippen LogP contribution is 2.29. The molecule has 0 aromatic heterocycles. The van der Waals surface area contributed by atoms with Gasteiger partial charge in [-0.1, -0.05) is 6.07 Å². The Morgan fingerprint density at radius 3 is 2.58 bits per heavy atom. The molecular formula is C15H21FN2O. The molecule has 104 valence electrons. The predicted molar refractivity (Wildman–Crippen MR) is 74.7 cm³/mol. The fourth-order valence-electron chi connectivity index (χ4n) is 2.50. The number of nitrogens with one attached hydrogen (secondary N) is 1. The second-order valence-corrected chi connectivity index (χ2v) is 6.44. The van der Waals surface area contributed by atoms with Gasteiger partial charge in [-0.2, -0.15) is 0 Å². The summed E-state index contributed by atoms with van der Waals surface area (Å²) in [4.78, 5) is 14.2. The number of carbonyl (C=O) groups is 1. The normalized spacial score (nSPS) is 22.2. The maximum Gasteiger partial charge on any atom is 0.229 e. The Balaban J connectivity index is 2.43. The molecule has 1 aromatic rings. The summed E-state index contributed by atoms with van der Waals surface area (Å²) in [6.45, 7) is 8.67. The van der Waals surface area contributed by atoms with Crippen molar-refractivity contribution in [1.29, 1.82) is 0 Å². The summed E-state index contributed by atoms with van der Waals surface area (Å²) in [5.74, 6) is -0.303. The van der Waals surface area contributed by atoms with Gasteiger partial charge in [-0.15, -0.1) is 0 Å². The van der Waals surface area contributed by atoms with Gasteiger partial charge in [-0.05, 0) is 45.9 Å². The van der Waals surface area contributed by atoms with E-state index >= 15 is 0 Å². The zero-order chi connectivity index (χ0) is 14.3. The van der Waals surface area contributed by atoms with E-state index in [0.717, 1.165) is 0 Å². The molecule has 2 rings (SSSR count). The smallest absolute Gasteiger partial charge is 0.229 e. The van der Waals surface area contributed by atoms with Gasteiger partial charge in [-0.3, -0.25) is 4.79 Å². The van der Waals surface area contributed by atoms with Crippen LogP contribution in [0, 0.1) is 5.82 Å². The number of rotatable bonds is 1. The van der Waals surface area contributed by atoms with Crippen LogP contribution >= 0.6 is 0 Å². The topological polar surface area (TPSA) is 32.3 Å². The quantitative estimate of drug-likeness (QED) is 0.846. The summed E-state index contributed by atoms with van der Waals surface area (Å²) < 4.78 is 13.4. The Hall–Kier alpha value is -1.42. The van der Waals surface area contributed by atoms with Crippen molar-refractivity contribution in [3.63, 3.8) is 0 Å². The van der Waals surface area contributed by atoms with Crippen molar-refractivity contribution < 1.29 is 9.18 Å². The highest BCUT2D eigenvalue weighted by Gasteiger charge is 2.39. The lowest BCUT2D eigenvalue weighted by Gasteiger charge is -2.37. The first kappa shape index (κ1) is 14.0. The van der Waals surface area contributed by atoms with Crippen LogP contribution in [0.3, 0.4) is 0 Å². The Labute approximate surface area is 113 Å². The molecule has 0 radical (unpaired) electrons. The monoisotopic (exact) mass is 264 g/mol. The average molecular weight is 264 g/mol. The second-order valence-electron chi connectivity index (χ2n) is 6.44. The van der Waals surface area contributed by atoms with Crippen LogP contribution in [0.15, 0.2) is 24.3 Å². The fraction of sp³-hybridized carbons (Fsp3) is 0.533. The van der Waals surface area contributed by atoms with E-state index in [4.69, 9.17) is 0 Å². The van der Waals surface area contributed by atoms with Crippen LogP contribution in [0.4, 0.5) is 10.1 Å². The molecule has 19 heavy (non-hydrogen) atoms. The van der Waals surface area contributed by atoms with Crippen molar-refractivity contribution in [2.24, 2.45) is 0 Å². The molecule has 1 fully saturated rings. The molecule has 1 saturated heterocycles. The number of hydrogen-bond acceptors (Lipinski definition) is 2. The third kappa shape index (κ3) is 2.95. The van der Waals surface area contributed by atoms with E-state index in [1.165, 1.54) is 12.1 Å². The van der Waals surface area contributed by atoms with Gasteiger partial charge >= 0.3 is 0 Å². The minimum absolute atomic E-state index is 0.0191. The average Bonchev–Trinajstić information content (AvgIpc) is 2.33. The predicted octanol–water partition coefficient (Wildman–Crippen LogP) is 2.71. The molecule has 0 unspecified atom stereocenters. The summed E-state index contributed by atoms with van der Waals surface area (Å²) >= 11 is 0. The van der Waals surface area contributed by atoms with Crippen LogP contribution in [-0.2, 0) is 4.79 Å². The third-order valence-corrected chi connectivity index (χ3v) is 3.51. The molecule has 3 nitrogen and oxygen atoms in total. The largest absolute Gasteiger partial charge is 0.309 e. The van der Waals surface area contributed by atoms with E-state index in [2.05, 4.69) is 5.32 Å². The molecule has 4 heteroatoms. The summed E-state index contributed by atoms with van der Waals surface area (Å²) in [6.07, 6.45) is 0.396. The van der Waals surface area contributed by atoms with Gasteiger partial charge in [0.15, 0.2) is 0 Å². The molecule has 0 atom stereocenters. The van der Waals surface area contributed by atoms with Gasteiger partial charge in [0, 0.05) is 24.2 Å². The van der Waals surface area contributed by atoms with Crippen molar-refractivity contribution in [3.05, 3.63) is 30.1 Å². The van der Waals surface area contributed by atoms with E-state index in [0.29, 0.717) is 18.7 Å². The standard InChI is InChI=1S/C15H21FN2O/c1-14(2)9-13(19)18(15(3,4)10-17-14)12-7-5-6-11(16)8-12/h5-8,17H,9-10H2,1-4H3. The number of carbonyl (C=O) groups excluding carboxylic acids is 1. The van der Waals surface area contributed by atoms with E-state index in [1.54, 1.807) is 17.0 Å². The van der Waals surface area contributed by atoms with Gasteiger partial charge in [0.2, 0.25) is 5.91 Å². The zero-order valence-corrected chi connectivity index (χ0v) is 12.0. The number of anilines is 1. The Morgan fingerprint density at radius 1 is 1.26 bits per heavy atom. The van der Waals surface area contributed by atoms with Crippen LogP contribution in [0.1, 0.15) is 34.1 Å². The SMILES string of the molecule is CC1(C)CC(=O)N(c2cccc(F)c2)C(C)(C)CN1. The van der Waals surface area contributed by atoms with Gasteiger partial charge in [0.25, 0.3) is 0 Å². The van der Waals surface area contributed by atoms with Crippen molar-refractivity contribution in [1.82, 2.24) is 5.32 Å². The summed E-state index contributed by atoms with van der Waals surface area (Å²) in [5, 5.41) is 3.40. The van der Waals surface area contributed by atoms with Crippen molar-refractivity contribution >= 4 is 11.6 Å². The maximum atomic E-state index is 13.4. The lowest BCUT2D eigenvalue weighted by atomic mass is 10.0. The minimum atomic E-state index is -0.390. The summed E-state index contributed by atoms with van der Waals surface area (Å²) in [7, 11) is 0. The first-order chi connectivity index (χ1) is 8.71. The van der Waals surface area contributed by atoms with Crippen LogP contribution in [-0.4, -0.2) is 23.5 Å². The van der Waals surface area contributed by atoms with E-state index in [-0.39, 0.29) is 17.3 Å². The Morgan fingerprint density at radius 2 is 1.95 bits per heavy atom. The first-order valence-electron chi connectivity index (χ1n) is 6.55. The number of nitrogens with zero attached hydrogens (tertiary/aromatic N) is 1. The van der Waals surface area contributed by atoms with Crippen molar-refractivity contribution in [2.75, 3.05) is 11.4 Å². The second kappa shape index (κ2) is 4.60. The minimum Gasteiger partial charge on any atom is -0.309 e. The number of amides is 1. The lowest BCUT2D eigenvalue weighted by molar-refractivity contribution is -0.120. The number of hydrogen-bond donors (Lipinski definition) is 1. The Bertz CT molecular complexity index is 497. The highest BCUT2D eigenvalue weighted by atomic mass is 19.1. The summed E-state index contributed by atoms with van der Waals surface area (Å²) in [6, 6.07) is 6.22. The highest BCUT2D eigenvalue weighted by molar-refractivity contribution is 5.95. The zero-order valence-electron chi connectivity index (χ0n) is 12.0. The lowest BCUT2D eigenvalue weighted by Crippen LogP contribution is -2.51. The molecule has 1 heterocycles. The van der Waals surface area contributed by atoms with Crippen molar-refractivity contribution in [2.45, 2.75) is 45.2 Å². The molecule has 1 amide bonds. The molecule has 0 bridgehead atoms. The molecule has 0 aliphatic carbocycles. The van der Waals surface area contributed by atoms with Crippen LogP contribution in [0.25, 0.3) is 0 Å². The number of halogens is 1. The van der Waals surface area contributed by atoms with Gasteiger partial charge in [0.05, 0.1) is 5.54 Å². The van der Waals surface area contributed by atoms with Gasteiger partial charge in [0.1, 0.15) is 5.82 Å². The first-order valence-corrected chi connectivity index (χ1v) is 6.55. The summed E-state index contributed by atoms with van der Waals surface area (Å²) in [5.41, 5.74) is -0.00998. The van der Waals surface area contributed by atoms with Gasteiger partial charge < -0.3 is 10.2 Å². The number of benzene rings is 1. The van der Waals surface area contributed by atoms with Crippen molar-refractivity contribution in [3.8, 4) is 0 Å². The maximum absolute atomic E-state index is 13.4. The van der Waals surface area contributed by atoms with E-state index in [9.17, 15) is 9.18 Å². The molecular weight excluding hydrogens is 243 g/mol. The van der Waals surface area contributed by atoms with E-state index < -0.39 is 5.54 Å². The molecule has 1 aliphatic heterocycles. The molecule has 1 aromatic carbocycles. The van der Waals surface area contributed by atoms with Crippen LogP contribution in [0.5, 0.6) is 0 Å².